The second-order valence-corrected chi connectivity index (χ2v) is 8.60. The molecule has 2 fully saturated rings. The molecule has 7 heteroatoms. The van der Waals surface area contributed by atoms with Crippen LogP contribution < -0.4 is 10.6 Å². The molecule has 0 atom stereocenters. The van der Waals surface area contributed by atoms with E-state index in [1.165, 1.54) is 51.1 Å². The molecule has 0 radical (unpaired) electrons. The monoisotopic (exact) mass is 563 g/mol. The van der Waals surface area contributed by atoms with Crippen molar-refractivity contribution < 1.29 is 0 Å². The van der Waals surface area contributed by atoms with Crippen molar-refractivity contribution in [3.05, 3.63) is 34.3 Å². The fourth-order valence-corrected chi connectivity index (χ4v) is 4.14. The molecule has 28 heavy (non-hydrogen) atoms. The number of hydrogen-bond donors (Lipinski definition) is 2. The summed E-state index contributed by atoms with van der Waals surface area (Å²) in [6.07, 6.45) is 2.46. The first-order valence-electron chi connectivity index (χ1n) is 10.4. The van der Waals surface area contributed by atoms with Crippen molar-refractivity contribution in [2.24, 2.45) is 4.99 Å². The summed E-state index contributed by atoms with van der Waals surface area (Å²) in [5, 5.41) is 6.93. The number of piperazine rings is 1. The van der Waals surface area contributed by atoms with Gasteiger partial charge in [-0.25, -0.2) is 0 Å². The predicted octanol–water partition coefficient (Wildman–Crippen LogP) is 3.29. The van der Waals surface area contributed by atoms with Crippen molar-refractivity contribution in [2.45, 2.75) is 32.1 Å². The molecule has 0 bridgehead atoms. The SMILES string of the molecule is CCNC(=NCC1(c2cccc(Br)c2)CC1)NCCN1CCN(CC)CC1.I. The third kappa shape index (κ3) is 6.85. The highest BCUT2D eigenvalue weighted by Gasteiger charge is 2.44. The molecule has 1 saturated heterocycles. The Morgan fingerprint density at radius 3 is 2.43 bits per heavy atom. The van der Waals surface area contributed by atoms with Crippen LogP contribution in [0.3, 0.4) is 0 Å². The summed E-state index contributed by atoms with van der Waals surface area (Å²) < 4.78 is 1.16. The Hall–Kier alpha value is -0.380. The van der Waals surface area contributed by atoms with Crippen molar-refractivity contribution in [1.82, 2.24) is 20.4 Å². The second-order valence-electron chi connectivity index (χ2n) is 7.69. The number of aliphatic imine (C=N–C) groups is 1. The van der Waals surface area contributed by atoms with Gasteiger partial charge in [-0.15, -0.1) is 24.0 Å². The number of halogens is 2. The van der Waals surface area contributed by atoms with Gasteiger partial charge in [-0.1, -0.05) is 35.0 Å². The first-order chi connectivity index (χ1) is 13.1. The van der Waals surface area contributed by atoms with Crippen LogP contribution in [0.15, 0.2) is 33.7 Å². The van der Waals surface area contributed by atoms with Crippen LogP contribution in [0.1, 0.15) is 32.3 Å². The molecule has 3 rings (SSSR count). The van der Waals surface area contributed by atoms with Gasteiger partial charge in [0.2, 0.25) is 0 Å². The Morgan fingerprint density at radius 2 is 1.82 bits per heavy atom. The zero-order valence-corrected chi connectivity index (χ0v) is 21.1. The third-order valence-corrected chi connectivity index (χ3v) is 6.30. The van der Waals surface area contributed by atoms with Crippen LogP contribution in [0, 0.1) is 0 Å². The quantitative estimate of drug-likeness (QED) is 0.289. The number of guanidine groups is 1. The molecule has 1 aromatic rings. The molecular formula is C21H35BrIN5. The minimum atomic E-state index is 0. The maximum Gasteiger partial charge on any atom is 0.191 e. The molecule has 2 N–H and O–H groups in total. The van der Waals surface area contributed by atoms with E-state index in [9.17, 15) is 0 Å². The number of nitrogens with zero attached hydrogens (tertiary/aromatic N) is 3. The molecule has 1 aromatic carbocycles. The summed E-state index contributed by atoms with van der Waals surface area (Å²) in [5.74, 6) is 0.950. The van der Waals surface area contributed by atoms with Crippen LogP contribution >= 0.6 is 39.9 Å². The fourth-order valence-electron chi connectivity index (χ4n) is 3.74. The van der Waals surface area contributed by atoms with E-state index in [1.807, 2.05) is 0 Å². The molecule has 0 unspecified atom stereocenters. The van der Waals surface area contributed by atoms with Gasteiger partial charge in [0.15, 0.2) is 5.96 Å². The van der Waals surface area contributed by atoms with E-state index in [-0.39, 0.29) is 29.4 Å². The number of benzene rings is 1. The number of rotatable bonds is 8. The second kappa shape index (κ2) is 11.7. The van der Waals surface area contributed by atoms with E-state index in [2.05, 4.69) is 74.5 Å². The fraction of sp³-hybridized carbons (Fsp3) is 0.667. The van der Waals surface area contributed by atoms with E-state index in [0.717, 1.165) is 36.6 Å². The average molecular weight is 564 g/mol. The number of likely N-dealkylation sites (N-methyl/N-ethyl adjacent to an activating group) is 1. The van der Waals surface area contributed by atoms with Crippen LogP contribution in [-0.2, 0) is 5.41 Å². The standard InChI is InChI=1S/C21H34BrN5.HI/c1-3-23-20(24-10-11-27-14-12-26(4-2)13-15-27)25-17-21(8-9-21)18-6-5-7-19(22)16-18;/h5-7,16H,3-4,8-15,17H2,1-2H3,(H2,23,24,25);1H. The molecular weight excluding hydrogens is 529 g/mol. The molecule has 5 nitrogen and oxygen atoms in total. The van der Waals surface area contributed by atoms with Crippen molar-refractivity contribution in [1.29, 1.82) is 0 Å². The van der Waals surface area contributed by atoms with E-state index >= 15 is 0 Å². The van der Waals surface area contributed by atoms with Crippen molar-refractivity contribution >= 4 is 45.9 Å². The van der Waals surface area contributed by atoms with Crippen molar-refractivity contribution in [3.8, 4) is 0 Å². The van der Waals surface area contributed by atoms with Gasteiger partial charge in [0.1, 0.15) is 0 Å². The smallest absolute Gasteiger partial charge is 0.191 e. The average Bonchev–Trinajstić information content (AvgIpc) is 3.48. The van der Waals surface area contributed by atoms with Gasteiger partial charge in [-0.3, -0.25) is 9.89 Å². The minimum absolute atomic E-state index is 0. The highest BCUT2D eigenvalue weighted by molar-refractivity contribution is 14.0. The molecule has 1 aliphatic heterocycles. The van der Waals surface area contributed by atoms with Crippen LogP contribution in [-0.4, -0.2) is 74.7 Å². The van der Waals surface area contributed by atoms with Gasteiger partial charge in [0, 0.05) is 55.7 Å². The van der Waals surface area contributed by atoms with E-state index < -0.39 is 0 Å². The summed E-state index contributed by atoms with van der Waals surface area (Å²) >= 11 is 3.60. The minimum Gasteiger partial charge on any atom is -0.357 e. The highest BCUT2D eigenvalue weighted by atomic mass is 127. The van der Waals surface area contributed by atoms with Gasteiger partial charge in [-0.05, 0) is 44.0 Å². The lowest BCUT2D eigenvalue weighted by Crippen LogP contribution is -2.49. The van der Waals surface area contributed by atoms with E-state index in [4.69, 9.17) is 4.99 Å². The maximum atomic E-state index is 4.91. The Morgan fingerprint density at radius 1 is 1.11 bits per heavy atom. The van der Waals surface area contributed by atoms with E-state index in [0.29, 0.717) is 0 Å². The van der Waals surface area contributed by atoms with Crippen molar-refractivity contribution in [3.63, 3.8) is 0 Å². The molecule has 1 saturated carbocycles. The molecule has 0 spiro atoms. The van der Waals surface area contributed by atoms with Gasteiger partial charge in [-0.2, -0.15) is 0 Å². The van der Waals surface area contributed by atoms with Crippen LogP contribution in [0.5, 0.6) is 0 Å². The van der Waals surface area contributed by atoms with E-state index in [1.54, 1.807) is 0 Å². The van der Waals surface area contributed by atoms with Gasteiger partial charge in [0.05, 0.1) is 6.54 Å². The molecule has 158 valence electrons. The normalized spacial score (nSPS) is 19.8. The topological polar surface area (TPSA) is 42.9 Å². The molecule has 0 aromatic heterocycles. The predicted molar refractivity (Wildman–Crippen MR) is 133 cm³/mol. The van der Waals surface area contributed by atoms with Gasteiger partial charge >= 0.3 is 0 Å². The summed E-state index contributed by atoms with van der Waals surface area (Å²) in [4.78, 5) is 9.98. The Bertz CT molecular complexity index is 627. The summed E-state index contributed by atoms with van der Waals surface area (Å²) in [7, 11) is 0. The largest absolute Gasteiger partial charge is 0.357 e. The Labute approximate surface area is 195 Å². The first kappa shape index (κ1) is 23.9. The highest BCUT2D eigenvalue weighted by Crippen LogP contribution is 2.48. The van der Waals surface area contributed by atoms with Gasteiger partial charge < -0.3 is 15.5 Å². The summed E-state index contributed by atoms with van der Waals surface area (Å²) in [5.41, 5.74) is 1.65. The lowest BCUT2D eigenvalue weighted by molar-refractivity contribution is 0.139. The van der Waals surface area contributed by atoms with Gasteiger partial charge in [0.25, 0.3) is 0 Å². The third-order valence-electron chi connectivity index (χ3n) is 5.81. The first-order valence-corrected chi connectivity index (χ1v) is 11.2. The number of hydrogen-bond acceptors (Lipinski definition) is 3. The van der Waals surface area contributed by atoms with Crippen LogP contribution in [0.2, 0.25) is 0 Å². The maximum absolute atomic E-state index is 4.91. The molecule has 1 heterocycles. The zero-order chi connectivity index (χ0) is 19.1. The molecule has 2 aliphatic rings. The Balaban J connectivity index is 0.00000280. The number of nitrogens with one attached hydrogen (secondary N) is 2. The Kier molecular flexibility index (Phi) is 10.00. The zero-order valence-electron chi connectivity index (χ0n) is 17.2. The summed E-state index contributed by atoms with van der Waals surface area (Å²) in [6, 6.07) is 8.71. The van der Waals surface area contributed by atoms with Crippen LogP contribution in [0.25, 0.3) is 0 Å². The summed E-state index contributed by atoms with van der Waals surface area (Å²) in [6.45, 7) is 14.1. The van der Waals surface area contributed by atoms with Crippen molar-refractivity contribution in [2.75, 3.05) is 58.9 Å². The van der Waals surface area contributed by atoms with Crippen LogP contribution in [0.4, 0.5) is 0 Å². The lowest BCUT2D eigenvalue weighted by Gasteiger charge is -2.34. The molecule has 1 aliphatic carbocycles. The molecule has 0 amide bonds. The lowest BCUT2D eigenvalue weighted by atomic mass is 9.96.